The summed E-state index contributed by atoms with van der Waals surface area (Å²) < 4.78 is 1.54. The summed E-state index contributed by atoms with van der Waals surface area (Å²) in [7, 11) is 0. The van der Waals surface area contributed by atoms with Crippen molar-refractivity contribution < 1.29 is 4.79 Å². The molecule has 6 nitrogen and oxygen atoms in total. The highest BCUT2D eigenvalue weighted by atomic mass is 32.1. The molecule has 1 heterocycles. The largest absolute Gasteiger partial charge is 0.388 e. The first kappa shape index (κ1) is 10.5. The van der Waals surface area contributed by atoms with Crippen LogP contribution in [0.15, 0.2) is 0 Å². The number of carbonyl (C=O) groups excluding carboxylic acids is 1. The zero-order valence-electron chi connectivity index (χ0n) is 7.65. The quantitative estimate of drug-likeness (QED) is 0.570. The molecule has 0 aromatic carbocycles. The summed E-state index contributed by atoms with van der Waals surface area (Å²) in [5.41, 5.74) is 16.5. The maximum absolute atomic E-state index is 11.0. The molecule has 1 rings (SSSR count). The van der Waals surface area contributed by atoms with E-state index in [0.717, 1.165) is 0 Å². The number of primary amides is 1. The van der Waals surface area contributed by atoms with Crippen molar-refractivity contribution in [1.82, 2.24) is 9.55 Å². The predicted octanol–water partition coefficient (Wildman–Crippen LogP) is -0.782. The lowest BCUT2D eigenvalue weighted by Crippen LogP contribution is -2.22. The first-order valence-corrected chi connectivity index (χ1v) is 4.35. The van der Waals surface area contributed by atoms with E-state index < -0.39 is 5.91 Å². The number of anilines is 1. The minimum atomic E-state index is -0.688. The summed E-state index contributed by atoms with van der Waals surface area (Å²) in [6, 6.07) is 0. The van der Waals surface area contributed by atoms with Gasteiger partial charge in [-0.05, 0) is 6.92 Å². The van der Waals surface area contributed by atoms with Crippen LogP contribution in [0.5, 0.6) is 0 Å². The second kappa shape index (κ2) is 3.62. The van der Waals surface area contributed by atoms with E-state index in [1.54, 1.807) is 4.57 Å². The molecule has 0 bridgehead atoms. The molecule has 0 aliphatic rings. The van der Waals surface area contributed by atoms with Gasteiger partial charge >= 0.3 is 0 Å². The van der Waals surface area contributed by atoms with Gasteiger partial charge in [0.25, 0.3) is 5.91 Å². The molecule has 7 heteroatoms. The van der Waals surface area contributed by atoms with Crippen molar-refractivity contribution in [3.63, 3.8) is 0 Å². The van der Waals surface area contributed by atoms with E-state index in [1.165, 1.54) is 0 Å². The zero-order chi connectivity index (χ0) is 10.9. The molecule has 1 aromatic heterocycles. The molecule has 0 aliphatic carbocycles. The third-order valence-electron chi connectivity index (χ3n) is 1.78. The van der Waals surface area contributed by atoms with E-state index in [4.69, 9.17) is 29.4 Å². The van der Waals surface area contributed by atoms with Gasteiger partial charge in [-0.1, -0.05) is 12.2 Å². The highest BCUT2D eigenvalue weighted by Crippen LogP contribution is 2.13. The maximum atomic E-state index is 11.0. The molecular formula is C7H11N5OS. The number of nitrogen functional groups attached to an aromatic ring is 1. The Kier molecular flexibility index (Phi) is 2.70. The van der Waals surface area contributed by atoms with Crippen LogP contribution in [0.1, 0.15) is 23.1 Å². The summed E-state index contributed by atoms with van der Waals surface area (Å²) >= 11 is 4.79. The van der Waals surface area contributed by atoms with Gasteiger partial charge in [-0.15, -0.1) is 0 Å². The van der Waals surface area contributed by atoms with Crippen molar-refractivity contribution in [1.29, 1.82) is 0 Å². The van der Waals surface area contributed by atoms with Gasteiger partial charge in [-0.3, -0.25) is 4.79 Å². The molecule has 0 fully saturated rings. The van der Waals surface area contributed by atoms with Crippen LogP contribution in [0.3, 0.4) is 0 Å². The number of rotatable bonds is 3. The monoisotopic (exact) mass is 213 g/mol. The smallest absolute Gasteiger partial charge is 0.269 e. The number of nitrogens with two attached hydrogens (primary N) is 3. The first-order valence-electron chi connectivity index (χ1n) is 3.94. The second-order valence-electron chi connectivity index (χ2n) is 2.64. The van der Waals surface area contributed by atoms with Gasteiger partial charge in [0.05, 0.1) is 0 Å². The van der Waals surface area contributed by atoms with Gasteiger partial charge in [-0.2, -0.15) is 0 Å². The molecule has 6 N–H and O–H groups in total. The fourth-order valence-corrected chi connectivity index (χ4v) is 1.42. The van der Waals surface area contributed by atoms with Crippen molar-refractivity contribution in [2.45, 2.75) is 13.5 Å². The SMILES string of the molecule is CCn1c(N)nc(C(N)=O)c1C(N)=S. The molecule has 0 aliphatic heterocycles. The number of carbonyl (C=O) groups is 1. The Hall–Kier alpha value is -1.63. The number of nitrogens with zero attached hydrogens (tertiary/aromatic N) is 2. The topological polar surface area (TPSA) is 113 Å². The molecule has 14 heavy (non-hydrogen) atoms. The van der Waals surface area contributed by atoms with Gasteiger partial charge in [0.15, 0.2) is 5.69 Å². The lowest BCUT2D eigenvalue weighted by molar-refractivity contribution is 0.0996. The Morgan fingerprint density at radius 3 is 2.50 bits per heavy atom. The fourth-order valence-electron chi connectivity index (χ4n) is 1.21. The van der Waals surface area contributed by atoms with E-state index in [1.807, 2.05) is 6.92 Å². The Balaban J connectivity index is 3.45. The Morgan fingerprint density at radius 2 is 2.14 bits per heavy atom. The molecule has 0 saturated carbocycles. The molecule has 0 spiro atoms. The maximum Gasteiger partial charge on any atom is 0.269 e. The summed E-state index contributed by atoms with van der Waals surface area (Å²) in [4.78, 5) is 14.8. The van der Waals surface area contributed by atoms with Crippen LogP contribution in [-0.2, 0) is 6.54 Å². The van der Waals surface area contributed by atoms with Crippen molar-refractivity contribution in [3.05, 3.63) is 11.4 Å². The number of hydrogen-bond donors (Lipinski definition) is 3. The van der Waals surface area contributed by atoms with E-state index in [0.29, 0.717) is 12.2 Å². The minimum absolute atomic E-state index is 0.0249. The summed E-state index contributed by atoms with van der Waals surface area (Å²) in [6.45, 7) is 2.36. The summed E-state index contributed by atoms with van der Waals surface area (Å²) in [5.74, 6) is -0.504. The van der Waals surface area contributed by atoms with Crippen molar-refractivity contribution in [3.8, 4) is 0 Å². The van der Waals surface area contributed by atoms with Crippen LogP contribution in [0, 0.1) is 0 Å². The molecule has 0 radical (unpaired) electrons. The normalized spacial score (nSPS) is 10.1. The molecule has 1 amide bonds. The number of aromatic nitrogens is 2. The highest BCUT2D eigenvalue weighted by Gasteiger charge is 2.20. The predicted molar refractivity (Wildman–Crippen MR) is 56.7 cm³/mol. The average molecular weight is 213 g/mol. The number of imidazole rings is 1. The van der Waals surface area contributed by atoms with Gasteiger partial charge in [0, 0.05) is 6.54 Å². The Labute approximate surface area is 86.1 Å². The molecule has 76 valence electrons. The van der Waals surface area contributed by atoms with Crippen LogP contribution >= 0.6 is 12.2 Å². The van der Waals surface area contributed by atoms with Crippen molar-refractivity contribution in [2.24, 2.45) is 11.5 Å². The Morgan fingerprint density at radius 1 is 1.57 bits per heavy atom. The van der Waals surface area contributed by atoms with Gasteiger partial charge in [-0.25, -0.2) is 4.98 Å². The standard InChI is InChI=1S/C7H11N5OS/c1-2-12-4(6(9)14)3(5(8)13)11-7(12)10/h2H2,1H3,(H2,8,13)(H2,9,14)(H2,10,11). The second-order valence-corrected chi connectivity index (χ2v) is 3.08. The van der Waals surface area contributed by atoms with E-state index >= 15 is 0 Å². The van der Waals surface area contributed by atoms with Crippen molar-refractivity contribution in [2.75, 3.05) is 5.73 Å². The summed E-state index contributed by atoms with van der Waals surface area (Å²) in [5, 5.41) is 0. The van der Waals surface area contributed by atoms with Crippen LogP contribution in [-0.4, -0.2) is 20.4 Å². The third kappa shape index (κ3) is 1.53. The number of thiocarbonyl (C=S) groups is 1. The molecule has 0 atom stereocenters. The first-order chi connectivity index (χ1) is 6.49. The number of amides is 1. The molecule has 0 saturated heterocycles. The highest BCUT2D eigenvalue weighted by molar-refractivity contribution is 7.80. The van der Waals surface area contributed by atoms with Gasteiger partial charge in [0.1, 0.15) is 10.7 Å². The molecule has 1 aromatic rings. The Bertz CT molecular complexity index is 397. The summed E-state index contributed by atoms with van der Waals surface area (Å²) in [6.07, 6.45) is 0. The van der Waals surface area contributed by atoms with Crippen LogP contribution < -0.4 is 17.2 Å². The van der Waals surface area contributed by atoms with Crippen LogP contribution in [0.25, 0.3) is 0 Å². The van der Waals surface area contributed by atoms with Gasteiger partial charge < -0.3 is 21.8 Å². The molecule has 0 unspecified atom stereocenters. The third-order valence-corrected chi connectivity index (χ3v) is 1.97. The lowest BCUT2D eigenvalue weighted by Gasteiger charge is -2.05. The fraction of sp³-hybridized carbons (Fsp3) is 0.286. The zero-order valence-corrected chi connectivity index (χ0v) is 8.47. The number of hydrogen-bond acceptors (Lipinski definition) is 4. The van der Waals surface area contributed by atoms with Crippen LogP contribution in [0.4, 0.5) is 5.95 Å². The van der Waals surface area contributed by atoms with Crippen molar-refractivity contribution >= 4 is 29.1 Å². The van der Waals surface area contributed by atoms with E-state index in [9.17, 15) is 4.79 Å². The average Bonchev–Trinajstić information content (AvgIpc) is 2.42. The van der Waals surface area contributed by atoms with Gasteiger partial charge in [0.2, 0.25) is 5.95 Å². The molecular weight excluding hydrogens is 202 g/mol. The van der Waals surface area contributed by atoms with E-state index in [-0.39, 0.29) is 16.6 Å². The van der Waals surface area contributed by atoms with E-state index in [2.05, 4.69) is 4.98 Å². The van der Waals surface area contributed by atoms with Crippen LogP contribution in [0.2, 0.25) is 0 Å². The minimum Gasteiger partial charge on any atom is -0.388 e. The lowest BCUT2D eigenvalue weighted by atomic mass is 10.3.